The van der Waals surface area contributed by atoms with Crippen LogP contribution in [0.15, 0.2) is 41.3 Å². The van der Waals surface area contributed by atoms with Gasteiger partial charge in [0.1, 0.15) is 5.65 Å². The fraction of sp³-hybridized carbons (Fsp3) is 0.316. The minimum Gasteiger partial charge on any atom is -0.448 e. The van der Waals surface area contributed by atoms with Crippen molar-refractivity contribution in [3.8, 4) is 11.5 Å². The monoisotopic (exact) mass is 404 g/mol. The van der Waals surface area contributed by atoms with Gasteiger partial charge < -0.3 is 15.2 Å². The molecule has 9 heteroatoms. The van der Waals surface area contributed by atoms with E-state index >= 15 is 0 Å². The molecule has 0 saturated carbocycles. The van der Waals surface area contributed by atoms with Crippen molar-refractivity contribution in [3.63, 3.8) is 0 Å². The molecule has 2 N–H and O–H groups in total. The normalized spacial score (nSPS) is 12.1. The predicted molar refractivity (Wildman–Crippen MR) is 109 cm³/mol. The first kappa shape index (κ1) is 20.1. The SMILES string of the molecule is CS[C@H](CO)CCNc1ncc2cc(Oc3ccccc3F)c(=O)n(C)c2n1. The number of aliphatic hydroxyl groups is 1. The molecule has 148 valence electrons. The summed E-state index contributed by atoms with van der Waals surface area (Å²) >= 11 is 1.60. The van der Waals surface area contributed by atoms with Crippen LogP contribution in [0.2, 0.25) is 0 Å². The minimum atomic E-state index is -0.549. The van der Waals surface area contributed by atoms with E-state index in [9.17, 15) is 14.3 Å². The number of halogens is 1. The molecular formula is C19H21FN4O3S. The highest BCUT2D eigenvalue weighted by molar-refractivity contribution is 7.99. The van der Waals surface area contributed by atoms with Crippen LogP contribution in [0, 0.1) is 5.82 Å². The van der Waals surface area contributed by atoms with Crippen LogP contribution in [0.25, 0.3) is 11.0 Å². The van der Waals surface area contributed by atoms with Crippen molar-refractivity contribution in [2.75, 3.05) is 24.7 Å². The fourth-order valence-electron chi connectivity index (χ4n) is 2.65. The van der Waals surface area contributed by atoms with Crippen molar-refractivity contribution < 1.29 is 14.2 Å². The summed E-state index contributed by atoms with van der Waals surface area (Å²) in [7, 11) is 1.57. The molecule has 1 aromatic carbocycles. The number of fused-ring (bicyclic) bond motifs is 1. The number of rotatable bonds is 8. The molecule has 0 aliphatic rings. The third-order valence-electron chi connectivity index (χ3n) is 4.26. The van der Waals surface area contributed by atoms with E-state index in [0.717, 1.165) is 6.42 Å². The van der Waals surface area contributed by atoms with Crippen LogP contribution in [0.1, 0.15) is 6.42 Å². The van der Waals surface area contributed by atoms with Gasteiger partial charge in [0, 0.05) is 30.4 Å². The van der Waals surface area contributed by atoms with Gasteiger partial charge in [-0.3, -0.25) is 9.36 Å². The molecule has 2 aromatic heterocycles. The first-order valence-electron chi connectivity index (χ1n) is 8.70. The molecule has 0 radical (unpaired) electrons. The van der Waals surface area contributed by atoms with Gasteiger partial charge in [-0.15, -0.1) is 0 Å². The molecule has 0 spiro atoms. The van der Waals surface area contributed by atoms with Crippen molar-refractivity contribution in [2.45, 2.75) is 11.7 Å². The number of para-hydroxylation sites is 1. The van der Waals surface area contributed by atoms with E-state index in [-0.39, 0.29) is 23.4 Å². The summed E-state index contributed by atoms with van der Waals surface area (Å²) in [6.07, 6.45) is 4.29. The van der Waals surface area contributed by atoms with E-state index in [0.29, 0.717) is 23.5 Å². The molecular weight excluding hydrogens is 383 g/mol. The van der Waals surface area contributed by atoms with Gasteiger partial charge in [-0.1, -0.05) is 12.1 Å². The Hall–Kier alpha value is -2.65. The number of nitrogens with zero attached hydrogens (tertiary/aromatic N) is 3. The molecule has 2 heterocycles. The van der Waals surface area contributed by atoms with E-state index in [1.807, 2.05) is 6.26 Å². The Morgan fingerprint density at radius 3 is 2.86 bits per heavy atom. The van der Waals surface area contributed by atoms with Gasteiger partial charge >= 0.3 is 0 Å². The average molecular weight is 404 g/mol. The van der Waals surface area contributed by atoms with Crippen LogP contribution in [0.3, 0.4) is 0 Å². The summed E-state index contributed by atoms with van der Waals surface area (Å²) < 4.78 is 20.6. The lowest BCUT2D eigenvalue weighted by molar-refractivity contribution is 0.292. The number of benzene rings is 1. The molecule has 1 atom stereocenters. The lowest BCUT2D eigenvalue weighted by Gasteiger charge is -2.13. The van der Waals surface area contributed by atoms with E-state index < -0.39 is 11.4 Å². The Labute approximate surface area is 165 Å². The molecule has 0 aliphatic carbocycles. The first-order valence-corrected chi connectivity index (χ1v) is 9.99. The maximum atomic E-state index is 13.8. The molecule has 3 aromatic rings. The van der Waals surface area contributed by atoms with Crippen molar-refractivity contribution >= 4 is 28.7 Å². The molecule has 0 amide bonds. The van der Waals surface area contributed by atoms with Gasteiger partial charge in [-0.25, -0.2) is 9.37 Å². The highest BCUT2D eigenvalue weighted by atomic mass is 32.2. The van der Waals surface area contributed by atoms with Crippen LogP contribution >= 0.6 is 11.8 Å². The Morgan fingerprint density at radius 2 is 2.14 bits per heavy atom. The smallest absolute Gasteiger partial charge is 0.294 e. The zero-order valence-corrected chi connectivity index (χ0v) is 16.4. The number of nitrogens with one attached hydrogen (secondary N) is 1. The van der Waals surface area contributed by atoms with Gasteiger partial charge in [-0.05, 0) is 30.9 Å². The van der Waals surface area contributed by atoms with Crippen LogP contribution in [-0.4, -0.2) is 44.3 Å². The topological polar surface area (TPSA) is 89.3 Å². The van der Waals surface area contributed by atoms with Crippen LogP contribution < -0.4 is 15.6 Å². The van der Waals surface area contributed by atoms with Crippen LogP contribution in [0.5, 0.6) is 11.5 Å². The summed E-state index contributed by atoms with van der Waals surface area (Å²) in [5.74, 6) is -0.185. The first-order chi connectivity index (χ1) is 13.5. The van der Waals surface area contributed by atoms with Crippen LogP contribution in [-0.2, 0) is 7.05 Å². The number of aromatic nitrogens is 3. The second kappa shape index (κ2) is 9.03. The van der Waals surface area contributed by atoms with Crippen molar-refractivity contribution in [1.29, 1.82) is 0 Å². The van der Waals surface area contributed by atoms with Gasteiger partial charge in [0.05, 0.1) is 6.61 Å². The fourth-order valence-corrected chi connectivity index (χ4v) is 3.15. The summed E-state index contributed by atoms with van der Waals surface area (Å²) in [4.78, 5) is 21.2. The number of ether oxygens (including phenoxy) is 1. The second-order valence-electron chi connectivity index (χ2n) is 6.13. The van der Waals surface area contributed by atoms with E-state index in [2.05, 4.69) is 15.3 Å². The number of thioether (sulfide) groups is 1. The van der Waals surface area contributed by atoms with Crippen LogP contribution in [0.4, 0.5) is 10.3 Å². The van der Waals surface area contributed by atoms with Gasteiger partial charge in [-0.2, -0.15) is 16.7 Å². The van der Waals surface area contributed by atoms with E-state index in [4.69, 9.17) is 4.74 Å². The quantitative estimate of drug-likeness (QED) is 0.597. The Morgan fingerprint density at radius 1 is 1.36 bits per heavy atom. The lowest BCUT2D eigenvalue weighted by atomic mass is 10.3. The zero-order chi connectivity index (χ0) is 20.1. The molecule has 28 heavy (non-hydrogen) atoms. The standard InChI is InChI=1S/C19H21FN4O3S/c1-24-17-12(10-22-19(23-17)21-8-7-13(11-25)28-2)9-16(18(24)26)27-15-6-4-3-5-14(15)20/h3-6,9-10,13,25H,7-8,11H2,1-2H3,(H,21,22,23)/t13-/m0/s1. The highest BCUT2D eigenvalue weighted by Crippen LogP contribution is 2.24. The van der Waals surface area contributed by atoms with Crippen molar-refractivity contribution in [2.24, 2.45) is 7.05 Å². The van der Waals surface area contributed by atoms with Gasteiger partial charge in [0.15, 0.2) is 17.3 Å². The Balaban J connectivity index is 1.84. The molecule has 0 aliphatic heterocycles. The lowest BCUT2D eigenvalue weighted by Crippen LogP contribution is -2.20. The summed E-state index contributed by atoms with van der Waals surface area (Å²) in [6, 6.07) is 7.40. The summed E-state index contributed by atoms with van der Waals surface area (Å²) in [5.41, 5.74) is 0.00934. The number of hydrogen-bond acceptors (Lipinski definition) is 7. The van der Waals surface area contributed by atoms with Gasteiger partial charge in [0.25, 0.3) is 5.56 Å². The molecule has 0 fully saturated rings. The minimum absolute atomic E-state index is 0.00447. The predicted octanol–water partition coefficient (Wildman–Crippen LogP) is 2.79. The molecule has 7 nitrogen and oxygen atoms in total. The maximum absolute atomic E-state index is 13.8. The maximum Gasteiger partial charge on any atom is 0.294 e. The number of aryl methyl sites for hydroxylation is 1. The Kier molecular flexibility index (Phi) is 6.48. The number of hydrogen-bond donors (Lipinski definition) is 2. The van der Waals surface area contributed by atoms with Gasteiger partial charge in [0.2, 0.25) is 5.95 Å². The number of aliphatic hydroxyl groups excluding tert-OH is 1. The average Bonchev–Trinajstić information content (AvgIpc) is 2.71. The Bertz CT molecular complexity index is 1020. The van der Waals surface area contributed by atoms with Crippen molar-refractivity contribution in [1.82, 2.24) is 14.5 Å². The summed E-state index contributed by atoms with van der Waals surface area (Å²) in [5, 5.41) is 13.1. The molecule has 0 unspecified atom stereocenters. The second-order valence-corrected chi connectivity index (χ2v) is 7.27. The largest absolute Gasteiger partial charge is 0.448 e. The third-order valence-corrected chi connectivity index (χ3v) is 5.31. The summed E-state index contributed by atoms with van der Waals surface area (Å²) in [6.45, 7) is 0.709. The highest BCUT2D eigenvalue weighted by Gasteiger charge is 2.13. The van der Waals surface area contributed by atoms with Crippen molar-refractivity contribution in [3.05, 3.63) is 52.7 Å². The molecule has 3 rings (SSSR count). The van der Waals surface area contributed by atoms with E-state index in [1.54, 1.807) is 37.1 Å². The number of anilines is 1. The third kappa shape index (κ3) is 4.42. The molecule has 0 saturated heterocycles. The zero-order valence-electron chi connectivity index (χ0n) is 15.6. The number of pyridine rings is 1. The molecule has 0 bridgehead atoms. The van der Waals surface area contributed by atoms with E-state index in [1.165, 1.54) is 22.8 Å².